The average Bonchev–Trinajstić information content (AvgIpc) is 2.14. The first-order chi connectivity index (χ1) is 6.76. The minimum absolute atomic E-state index is 0.0960. The van der Waals surface area contributed by atoms with E-state index in [1.165, 1.54) is 0 Å². The van der Waals surface area contributed by atoms with Gasteiger partial charge in [-0.1, -0.05) is 0 Å². The smallest absolute Gasteiger partial charge is 0.123 e. The first-order valence-corrected chi connectivity index (χ1v) is 4.64. The number of anilines is 2. The molecule has 0 aromatic heterocycles. The first-order valence-electron chi connectivity index (χ1n) is 4.64. The highest BCUT2D eigenvalue weighted by atomic mass is 16.5. The average molecular weight is 196 g/mol. The van der Waals surface area contributed by atoms with E-state index < -0.39 is 0 Å². The molecule has 14 heavy (non-hydrogen) atoms. The third-order valence-electron chi connectivity index (χ3n) is 1.68. The SMILES string of the molecule is CCOc1cc(N)cc(NCCO)c1. The molecule has 0 aliphatic heterocycles. The van der Waals surface area contributed by atoms with Gasteiger partial charge in [-0.15, -0.1) is 0 Å². The Hall–Kier alpha value is -1.42. The van der Waals surface area contributed by atoms with Crippen molar-refractivity contribution in [3.8, 4) is 5.75 Å². The zero-order chi connectivity index (χ0) is 10.4. The zero-order valence-electron chi connectivity index (χ0n) is 8.29. The van der Waals surface area contributed by atoms with Crippen LogP contribution in [0.3, 0.4) is 0 Å². The fourth-order valence-electron chi connectivity index (χ4n) is 1.17. The molecule has 0 aliphatic rings. The molecular formula is C10H16N2O2. The summed E-state index contributed by atoms with van der Waals surface area (Å²) < 4.78 is 5.32. The van der Waals surface area contributed by atoms with Gasteiger partial charge in [0.1, 0.15) is 5.75 Å². The maximum atomic E-state index is 8.64. The summed E-state index contributed by atoms with van der Waals surface area (Å²) in [6.07, 6.45) is 0. The summed E-state index contributed by atoms with van der Waals surface area (Å²) in [7, 11) is 0. The van der Waals surface area contributed by atoms with Gasteiger partial charge in [0, 0.05) is 30.1 Å². The molecule has 0 saturated carbocycles. The van der Waals surface area contributed by atoms with E-state index in [0.29, 0.717) is 18.8 Å². The molecule has 4 heteroatoms. The molecule has 1 aromatic carbocycles. The highest BCUT2D eigenvalue weighted by molar-refractivity contribution is 5.59. The van der Waals surface area contributed by atoms with Crippen molar-refractivity contribution in [1.82, 2.24) is 0 Å². The standard InChI is InChI=1S/C10H16N2O2/c1-2-14-10-6-8(11)5-9(7-10)12-3-4-13/h5-7,12-13H,2-4,11H2,1H3. The summed E-state index contributed by atoms with van der Waals surface area (Å²) >= 11 is 0. The normalized spacial score (nSPS) is 9.86. The molecule has 0 aliphatic carbocycles. The van der Waals surface area contributed by atoms with Crippen LogP contribution in [0.2, 0.25) is 0 Å². The number of hydrogen-bond donors (Lipinski definition) is 3. The number of rotatable bonds is 5. The van der Waals surface area contributed by atoms with Crippen molar-refractivity contribution in [3.63, 3.8) is 0 Å². The van der Waals surface area contributed by atoms with Gasteiger partial charge in [-0.3, -0.25) is 0 Å². The number of nitrogen functional groups attached to an aromatic ring is 1. The molecule has 4 N–H and O–H groups in total. The Labute approximate surface area is 83.7 Å². The fraction of sp³-hybridized carbons (Fsp3) is 0.400. The molecule has 1 rings (SSSR count). The quantitative estimate of drug-likeness (QED) is 0.616. The Morgan fingerprint density at radius 2 is 2.21 bits per heavy atom. The lowest BCUT2D eigenvalue weighted by Crippen LogP contribution is -2.06. The Balaban J connectivity index is 2.73. The van der Waals surface area contributed by atoms with Crippen LogP contribution in [-0.2, 0) is 0 Å². The van der Waals surface area contributed by atoms with Gasteiger partial charge < -0.3 is 20.9 Å². The van der Waals surface area contributed by atoms with Crippen molar-refractivity contribution in [1.29, 1.82) is 0 Å². The van der Waals surface area contributed by atoms with Gasteiger partial charge in [-0.25, -0.2) is 0 Å². The highest BCUT2D eigenvalue weighted by Gasteiger charge is 1.98. The van der Waals surface area contributed by atoms with Gasteiger partial charge in [0.15, 0.2) is 0 Å². The topological polar surface area (TPSA) is 67.5 Å². The summed E-state index contributed by atoms with van der Waals surface area (Å²) in [5.74, 6) is 0.743. The van der Waals surface area contributed by atoms with E-state index in [4.69, 9.17) is 15.6 Å². The summed E-state index contributed by atoms with van der Waals surface area (Å²) in [5, 5.41) is 11.7. The predicted octanol–water partition coefficient (Wildman–Crippen LogP) is 1.07. The van der Waals surface area contributed by atoms with Crippen molar-refractivity contribution >= 4 is 11.4 Å². The van der Waals surface area contributed by atoms with E-state index in [9.17, 15) is 0 Å². The third kappa shape index (κ3) is 3.14. The molecule has 0 saturated heterocycles. The van der Waals surface area contributed by atoms with Gasteiger partial charge in [-0.2, -0.15) is 0 Å². The van der Waals surface area contributed by atoms with E-state index in [-0.39, 0.29) is 6.61 Å². The van der Waals surface area contributed by atoms with Crippen molar-refractivity contribution in [2.75, 3.05) is 30.8 Å². The largest absolute Gasteiger partial charge is 0.494 e. The van der Waals surface area contributed by atoms with Crippen LogP contribution in [0.25, 0.3) is 0 Å². The molecule has 0 bridgehead atoms. The van der Waals surface area contributed by atoms with Crippen molar-refractivity contribution < 1.29 is 9.84 Å². The van der Waals surface area contributed by atoms with Crippen molar-refractivity contribution in [2.24, 2.45) is 0 Å². The van der Waals surface area contributed by atoms with Gasteiger partial charge >= 0.3 is 0 Å². The number of nitrogens with two attached hydrogens (primary N) is 1. The van der Waals surface area contributed by atoms with Gasteiger partial charge in [0.05, 0.1) is 13.2 Å². The maximum absolute atomic E-state index is 8.64. The van der Waals surface area contributed by atoms with Crippen LogP contribution in [0.1, 0.15) is 6.92 Å². The lowest BCUT2D eigenvalue weighted by molar-refractivity contribution is 0.311. The van der Waals surface area contributed by atoms with Crippen LogP contribution < -0.4 is 15.8 Å². The Kier molecular flexibility index (Phi) is 4.07. The van der Waals surface area contributed by atoms with Crippen LogP contribution >= 0.6 is 0 Å². The van der Waals surface area contributed by atoms with E-state index in [1.54, 1.807) is 12.1 Å². The van der Waals surface area contributed by atoms with Crippen molar-refractivity contribution in [2.45, 2.75) is 6.92 Å². The van der Waals surface area contributed by atoms with Crippen LogP contribution in [0.15, 0.2) is 18.2 Å². The molecule has 0 amide bonds. The van der Waals surface area contributed by atoms with E-state index in [0.717, 1.165) is 11.4 Å². The lowest BCUT2D eigenvalue weighted by atomic mass is 10.2. The number of benzene rings is 1. The van der Waals surface area contributed by atoms with E-state index in [2.05, 4.69) is 5.32 Å². The second-order valence-corrected chi connectivity index (χ2v) is 2.87. The number of aliphatic hydroxyl groups excluding tert-OH is 1. The lowest BCUT2D eigenvalue weighted by Gasteiger charge is -2.09. The minimum Gasteiger partial charge on any atom is -0.494 e. The number of nitrogens with one attached hydrogen (secondary N) is 1. The van der Waals surface area contributed by atoms with Crippen LogP contribution in [0.5, 0.6) is 5.75 Å². The zero-order valence-corrected chi connectivity index (χ0v) is 8.29. The van der Waals surface area contributed by atoms with Gasteiger partial charge in [-0.05, 0) is 13.0 Å². The summed E-state index contributed by atoms with van der Waals surface area (Å²) in [4.78, 5) is 0. The molecular weight excluding hydrogens is 180 g/mol. The first kappa shape index (κ1) is 10.7. The van der Waals surface area contributed by atoms with Crippen LogP contribution in [0, 0.1) is 0 Å². The minimum atomic E-state index is 0.0960. The van der Waals surface area contributed by atoms with Crippen LogP contribution in [0.4, 0.5) is 11.4 Å². The van der Waals surface area contributed by atoms with Crippen LogP contribution in [-0.4, -0.2) is 24.9 Å². The molecule has 1 aromatic rings. The molecule has 0 heterocycles. The number of hydrogen-bond acceptors (Lipinski definition) is 4. The summed E-state index contributed by atoms with van der Waals surface area (Å²) in [6, 6.07) is 5.43. The van der Waals surface area contributed by atoms with E-state index in [1.807, 2.05) is 13.0 Å². The fourth-order valence-corrected chi connectivity index (χ4v) is 1.17. The monoisotopic (exact) mass is 196 g/mol. The van der Waals surface area contributed by atoms with Gasteiger partial charge in [0.25, 0.3) is 0 Å². The second kappa shape index (κ2) is 5.34. The maximum Gasteiger partial charge on any atom is 0.123 e. The molecule has 4 nitrogen and oxygen atoms in total. The molecule has 0 unspecified atom stereocenters. The summed E-state index contributed by atoms with van der Waals surface area (Å²) in [5.41, 5.74) is 7.19. The van der Waals surface area contributed by atoms with Crippen molar-refractivity contribution in [3.05, 3.63) is 18.2 Å². The second-order valence-electron chi connectivity index (χ2n) is 2.87. The Morgan fingerprint density at radius 1 is 1.43 bits per heavy atom. The third-order valence-corrected chi connectivity index (χ3v) is 1.68. The summed E-state index contributed by atoms with van der Waals surface area (Å²) in [6.45, 7) is 3.14. The Morgan fingerprint density at radius 3 is 2.86 bits per heavy atom. The van der Waals surface area contributed by atoms with Gasteiger partial charge in [0.2, 0.25) is 0 Å². The number of ether oxygens (including phenoxy) is 1. The molecule has 0 fully saturated rings. The highest BCUT2D eigenvalue weighted by Crippen LogP contribution is 2.22. The molecule has 0 spiro atoms. The number of aliphatic hydroxyl groups is 1. The Bertz CT molecular complexity index is 289. The molecule has 0 radical (unpaired) electrons. The molecule has 78 valence electrons. The predicted molar refractivity (Wildman–Crippen MR) is 57.6 cm³/mol. The van der Waals surface area contributed by atoms with E-state index >= 15 is 0 Å². The molecule has 0 atom stereocenters.